The third kappa shape index (κ3) is 2.18. The van der Waals surface area contributed by atoms with Gasteiger partial charge in [-0.3, -0.25) is 15.2 Å². The van der Waals surface area contributed by atoms with E-state index < -0.39 is 30.9 Å². The molecule has 0 bridgehead atoms. The van der Waals surface area contributed by atoms with Crippen molar-refractivity contribution in [2.45, 2.75) is 30.9 Å². The largest absolute Gasteiger partial charge is 0.280 e. The van der Waals surface area contributed by atoms with Crippen LogP contribution >= 0.6 is 0 Å². The number of alkyl halides is 5. The van der Waals surface area contributed by atoms with Crippen molar-refractivity contribution >= 4 is 0 Å². The first-order chi connectivity index (χ1) is 5.04. The van der Waals surface area contributed by atoms with E-state index in [1.54, 1.807) is 0 Å². The maximum absolute atomic E-state index is 12.2. The Bertz CT molecular complexity index is 130. The van der Waals surface area contributed by atoms with Crippen LogP contribution in [-0.4, -0.2) is 30.9 Å². The maximum atomic E-state index is 12.2. The number of hydrogen-bond donors (Lipinski definition) is 0. The molecule has 0 nitrogen and oxygen atoms in total. The predicted octanol–water partition coefficient (Wildman–Crippen LogP) is 1.89. The molecule has 6 heteroatoms. The van der Waals surface area contributed by atoms with Crippen LogP contribution in [0.3, 0.4) is 0 Å². The minimum absolute atomic E-state index is 0. The molecule has 1 aliphatic rings. The summed E-state index contributed by atoms with van der Waals surface area (Å²) in [5.74, 6) is 0. The molecular formula is C6H6F5W-. The first kappa shape index (κ1) is 12.3. The molecule has 72 valence electrons. The van der Waals surface area contributed by atoms with E-state index >= 15 is 0 Å². The van der Waals surface area contributed by atoms with Crippen molar-refractivity contribution in [3.63, 3.8) is 0 Å². The van der Waals surface area contributed by atoms with Gasteiger partial charge in [-0.25, -0.2) is 13.2 Å². The molecule has 0 amide bonds. The fraction of sp³-hybridized carbons (Fsp3) is 0.833. The van der Waals surface area contributed by atoms with Gasteiger partial charge in [-0.05, 0) is 0 Å². The van der Waals surface area contributed by atoms with Crippen LogP contribution in [0, 0.1) is 6.42 Å². The molecule has 4 atom stereocenters. The second kappa shape index (κ2) is 4.54. The van der Waals surface area contributed by atoms with Gasteiger partial charge in [-0.1, -0.05) is 0 Å². The van der Waals surface area contributed by atoms with E-state index in [0.29, 0.717) is 0 Å². The normalized spacial score (nSPS) is 48.2. The monoisotopic (exact) mass is 357 g/mol. The number of hydrogen-bond acceptors (Lipinski definition) is 0. The van der Waals surface area contributed by atoms with Crippen molar-refractivity contribution in [2.24, 2.45) is 0 Å². The zero-order chi connectivity index (χ0) is 8.59. The Labute approximate surface area is 80.8 Å². The van der Waals surface area contributed by atoms with E-state index in [1.165, 1.54) is 0 Å². The topological polar surface area (TPSA) is 0 Å². The first-order valence-corrected chi connectivity index (χ1v) is 3.09. The van der Waals surface area contributed by atoms with Crippen LogP contribution in [0.2, 0.25) is 0 Å². The Morgan fingerprint density at radius 3 is 1.33 bits per heavy atom. The number of halogens is 5. The molecule has 1 saturated carbocycles. The van der Waals surface area contributed by atoms with E-state index in [1.807, 2.05) is 0 Å². The molecule has 4 unspecified atom stereocenters. The van der Waals surface area contributed by atoms with E-state index in [2.05, 4.69) is 0 Å². The van der Waals surface area contributed by atoms with Gasteiger partial charge >= 0.3 is 0 Å². The molecule has 0 aromatic carbocycles. The molecule has 1 rings (SSSR count). The minimum atomic E-state index is -2.69. The summed E-state index contributed by atoms with van der Waals surface area (Å²) in [7, 11) is 0. The van der Waals surface area contributed by atoms with Crippen molar-refractivity contribution in [1.29, 1.82) is 0 Å². The summed E-state index contributed by atoms with van der Waals surface area (Å²) in [6, 6.07) is 0. The quantitative estimate of drug-likeness (QED) is 0.459. The Kier molecular flexibility index (Phi) is 4.67. The molecular weight excluding hydrogens is 351 g/mol. The molecule has 0 spiro atoms. The average Bonchev–Trinajstić information content (AvgIpc) is 1.97. The molecule has 0 aliphatic heterocycles. The van der Waals surface area contributed by atoms with Gasteiger partial charge in [0.15, 0.2) is 6.17 Å². The molecule has 0 heterocycles. The van der Waals surface area contributed by atoms with Gasteiger partial charge in [-0.15, -0.1) is 0 Å². The summed E-state index contributed by atoms with van der Waals surface area (Å²) in [4.78, 5) is 0. The van der Waals surface area contributed by atoms with Gasteiger partial charge < -0.3 is 0 Å². The predicted molar refractivity (Wildman–Crippen MR) is 28.8 cm³/mol. The Morgan fingerprint density at radius 1 is 0.667 bits per heavy atom. The molecule has 0 aromatic heterocycles. The summed E-state index contributed by atoms with van der Waals surface area (Å²) < 4.78 is 61.0. The van der Waals surface area contributed by atoms with Crippen LogP contribution in [0.1, 0.15) is 0 Å². The van der Waals surface area contributed by atoms with Crippen LogP contribution in [0.4, 0.5) is 22.0 Å². The fourth-order valence-corrected chi connectivity index (χ4v) is 0.915. The second-order valence-corrected chi connectivity index (χ2v) is 2.41. The smallest absolute Gasteiger partial charge is 0.162 e. The second-order valence-electron chi connectivity index (χ2n) is 2.41. The SMILES string of the molecule is FC1[CH-]C(F)C(F)C(F)C1F.[W]. The van der Waals surface area contributed by atoms with E-state index in [4.69, 9.17) is 0 Å². The van der Waals surface area contributed by atoms with Gasteiger partial charge in [0.1, 0.15) is 12.3 Å². The van der Waals surface area contributed by atoms with E-state index in [0.717, 1.165) is 0 Å². The van der Waals surface area contributed by atoms with Gasteiger partial charge in [0.25, 0.3) is 0 Å². The third-order valence-corrected chi connectivity index (χ3v) is 1.58. The summed E-state index contributed by atoms with van der Waals surface area (Å²) >= 11 is 0. The maximum Gasteiger partial charge on any atom is 0.162 e. The van der Waals surface area contributed by atoms with E-state index in [-0.39, 0.29) is 27.5 Å². The molecule has 0 saturated heterocycles. The van der Waals surface area contributed by atoms with Crippen LogP contribution in [0.15, 0.2) is 0 Å². The fourth-order valence-electron chi connectivity index (χ4n) is 0.915. The van der Waals surface area contributed by atoms with Gasteiger partial charge in [-0.2, -0.15) is 0 Å². The standard InChI is InChI=1S/C6H6F5.W/c7-2-1-3(8)5(10)6(11)4(2)9;/h1-6H;/q-1;. The van der Waals surface area contributed by atoms with Crippen molar-refractivity contribution in [3.05, 3.63) is 6.42 Å². The third-order valence-electron chi connectivity index (χ3n) is 1.58. The minimum Gasteiger partial charge on any atom is -0.280 e. The van der Waals surface area contributed by atoms with Crippen molar-refractivity contribution in [3.8, 4) is 0 Å². The van der Waals surface area contributed by atoms with Crippen LogP contribution < -0.4 is 0 Å². The Hall–Kier alpha value is 0.338. The zero-order valence-electron chi connectivity index (χ0n) is 5.76. The molecule has 0 aromatic rings. The molecule has 0 N–H and O–H groups in total. The van der Waals surface area contributed by atoms with Crippen LogP contribution in [0.5, 0.6) is 0 Å². The molecule has 12 heavy (non-hydrogen) atoms. The van der Waals surface area contributed by atoms with E-state index in [9.17, 15) is 22.0 Å². The van der Waals surface area contributed by atoms with Gasteiger partial charge in [0, 0.05) is 33.4 Å². The van der Waals surface area contributed by atoms with Gasteiger partial charge in [0.2, 0.25) is 0 Å². The number of rotatable bonds is 0. The molecule has 1 aliphatic carbocycles. The van der Waals surface area contributed by atoms with Crippen molar-refractivity contribution < 1.29 is 43.0 Å². The van der Waals surface area contributed by atoms with Crippen LogP contribution in [-0.2, 0) is 21.1 Å². The Morgan fingerprint density at radius 2 is 1.00 bits per heavy atom. The summed E-state index contributed by atoms with van der Waals surface area (Å²) in [5, 5.41) is 0. The molecule has 1 fully saturated rings. The zero-order valence-corrected chi connectivity index (χ0v) is 8.70. The first-order valence-electron chi connectivity index (χ1n) is 3.09. The van der Waals surface area contributed by atoms with Crippen LogP contribution in [0.25, 0.3) is 0 Å². The average molecular weight is 357 g/mol. The van der Waals surface area contributed by atoms with Gasteiger partial charge in [0.05, 0.1) is 0 Å². The summed E-state index contributed by atoms with van der Waals surface area (Å²) in [5.41, 5.74) is 0. The van der Waals surface area contributed by atoms with Crippen molar-refractivity contribution in [1.82, 2.24) is 0 Å². The summed E-state index contributed by atoms with van der Waals surface area (Å²) in [6.07, 6.45) is -12.3. The summed E-state index contributed by atoms with van der Waals surface area (Å²) in [6.45, 7) is 0. The molecule has 0 radical (unpaired) electrons. The van der Waals surface area contributed by atoms with Crippen molar-refractivity contribution in [2.75, 3.05) is 0 Å². The Balaban J connectivity index is 0.00000121.